The highest BCUT2D eigenvalue weighted by atomic mass is 15.0. The van der Waals surface area contributed by atoms with Crippen molar-refractivity contribution < 1.29 is 0 Å². The molecule has 3 N–H and O–H groups in total. The molecule has 98 valence electrons. The van der Waals surface area contributed by atoms with Crippen molar-refractivity contribution in [3.8, 4) is 0 Å². The van der Waals surface area contributed by atoms with E-state index in [1.165, 1.54) is 16.5 Å². The maximum atomic E-state index is 3.56. The number of fused-ring (bicyclic) bond motifs is 1. The average Bonchev–Trinajstić information content (AvgIpc) is 2.82. The molecule has 2 rings (SSSR count). The number of hydrogen-bond donors (Lipinski definition) is 3. The minimum Gasteiger partial charge on any atom is -0.361 e. The summed E-state index contributed by atoms with van der Waals surface area (Å²) in [5.74, 6) is 0. The second-order valence-corrected chi connectivity index (χ2v) is 5.20. The van der Waals surface area contributed by atoms with Gasteiger partial charge in [-0.15, -0.1) is 0 Å². The Morgan fingerprint density at radius 2 is 1.94 bits per heavy atom. The van der Waals surface area contributed by atoms with Gasteiger partial charge >= 0.3 is 0 Å². The van der Waals surface area contributed by atoms with E-state index in [-0.39, 0.29) is 0 Å². The minimum atomic E-state index is 0.474. The molecule has 0 saturated heterocycles. The molecule has 0 aliphatic heterocycles. The Morgan fingerprint density at radius 3 is 2.72 bits per heavy atom. The summed E-state index contributed by atoms with van der Waals surface area (Å²) in [4.78, 5) is 3.25. The molecule has 3 nitrogen and oxygen atoms in total. The third-order valence-corrected chi connectivity index (χ3v) is 3.16. The van der Waals surface area contributed by atoms with Gasteiger partial charge in [-0.25, -0.2) is 0 Å². The highest BCUT2D eigenvalue weighted by Crippen LogP contribution is 2.17. The second kappa shape index (κ2) is 6.03. The molecule has 18 heavy (non-hydrogen) atoms. The predicted molar refractivity (Wildman–Crippen MR) is 77.7 cm³/mol. The molecule has 0 aliphatic carbocycles. The van der Waals surface area contributed by atoms with Crippen LogP contribution in [0.4, 0.5) is 0 Å². The lowest BCUT2D eigenvalue weighted by molar-refractivity contribution is 0.474. The molecule has 2 aromatic rings. The number of H-pyrrole nitrogens is 1. The van der Waals surface area contributed by atoms with E-state index in [1.807, 2.05) is 6.20 Å². The van der Waals surface area contributed by atoms with Crippen LogP contribution in [0.25, 0.3) is 10.9 Å². The van der Waals surface area contributed by atoms with Crippen molar-refractivity contribution in [2.45, 2.75) is 39.4 Å². The van der Waals surface area contributed by atoms with Crippen molar-refractivity contribution >= 4 is 10.9 Å². The lowest BCUT2D eigenvalue weighted by Crippen LogP contribution is -2.38. The van der Waals surface area contributed by atoms with Crippen LogP contribution in [-0.4, -0.2) is 23.6 Å². The lowest BCUT2D eigenvalue weighted by Gasteiger charge is -2.17. The summed E-state index contributed by atoms with van der Waals surface area (Å²) < 4.78 is 0. The molecule has 1 atom stereocenters. The van der Waals surface area contributed by atoms with Gasteiger partial charge in [-0.3, -0.25) is 0 Å². The van der Waals surface area contributed by atoms with E-state index >= 15 is 0 Å². The second-order valence-electron chi connectivity index (χ2n) is 5.20. The van der Waals surface area contributed by atoms with Crippen LogP contribution in [0.5, 0.6) is 0 Å². The number of nitrogens with one attached hydrogen (secondary N) is 3. The zero-order valence-electron chi connectivity index (χ0n) is 11.5. The summed E-state index contributed by atoms with van der Waals surface area (Å²) in [5, 5.41) is 8.32. The fourth-order valence-electron chi connectivity index (χ4n) is 2.07. The Kier molecular flexibility index (Phi) is 4.39. The van der Waals surface area contributed by atoms with Crippen LogP contribution < -0.4 is 10.6 Å². The third-order valence-electron chi connectivity index (χ3n) is 3.16. The van der Waals surface area contributed by atoms with Gasteiger partial charge in [0.1, 0.15) is 0 Å². The van der Waals surface area contributed by atoms with Crippen molar-refractivity contribution in [1.82, 2.24) is 15.6 Å². The Labute approximate surface area is 109 Å². The molecule has 0 amide bonds. The molecule has 0 bridgehead atoms. The maximum absolute atomic E-state index is 3.56. The first-order chi connectivity index (χ1) is 8.66. The van der Waals surface area contributed by atoms with E-state index in [2.05, 4.69) is 60.7 Å². The summed E-state index contributed by atoms with van der Waals surface area (Å²) in [5.41, 5.74) is 2.56. The average molecular weight is 245 g/mol. The van der Waals surface area contributed by atoms with Crippen LogP contribution in [0.1, 0.15) is 26.3 Å². The fraction of sp³-hybridized carbons (Fsp3) is 0.467. The zero-order valence-corrected chi connectivity index (χ0v) is 11.5. The molecule has 3 heteroatoms. The van der Waals surface area contributed by atoms with E-state index in [0.717, 1.165) is 13.1 Å². The SMILES string of the molecule is CC(C)NCC(C)NCc1cccc2[nH]ccc12. The Balaban J connectivity index is 1.91. The molecule has 1 heterocycles. The standard InChI is InChI=1S/C15H23N3/c1-11(2)17-9-12(3)18-10-13-5-4-6-15-14(13)7-8-16-15/h4-8,11-12,16-18H,9-10H2,1-3H3. The van der Waals surface area contributed by atoms with Crippen LogP contribution in [-0.2, 0) is 6.54 Å². The van der Waals surface area contributed by atoms with Crippen molar-refractivity contribution in [1.29, 1.82) is 0 Å². The van der Waals surface area contributed by atoms with Crippen molar-refractivity contribution in [3.05, 3.63) is 36.0 Å². The summed E-state index contributed by atoms with van der Waals surface area (Å²) in [6.45, 7) is 8.48. The highest BCUT2D eigenvalue weighted by molar-refractivity contribution is 5.82. The molecular weight excluding hydrogens is 222 g/mol. The van der Waals surface area contributed by atoms with Crippen molar-refractivity contribution in [2.24, 2.45) is 0 Å². The monoisotopic (exact) mass is 245 g/mol. The fourth-order valence-corrected chi connectivity index (χ4v) is 2.07. The third kappa shape index (κ3) is 3.34. The van der Waals surface area contributed by atoms with Crippen LogP contribution in [0, 0.1) is 0 Å². The zero-order chi connectivity index (χ0) is 13.0. The quantitative estimate of drug-likeness (QED) is 0.732. The number of aromatic nitrogens is 1. The molecule has 0 spiro atoms. The highest BCUT2D eigenvalue weighted by Gasteiger charge is 2.05. The Bertz CT molecular complexity index is 487. The summed E-state index contributed by atoms with van der Waals surface area (Å²) in [6, 6.07) is 9.56. The molecule has 0 fully saturated rings. The van der Waals surface area contributed by atoms with E-state index < -0.39 is 0 Å². The van der Waals surface area contributed by atoms with Crippen LogP contribution >= 0.6 is 0 Å². The van der Waals surface area contributed by atoms with E-state index in [4.69, 9.17) is 0 Å². The number of benzene rings is 1. The van der Waals surface area contributed by atoms with Gasteiger partial charge in [0, 0.05) is 42.3 Å². The largest absolute Gasteiger partial charge is 0.361 e. The van der Waals surface area contributed by atoms with E-state index in [0.29, 0.717) is 12.1 Å². The smallest absolute Gasteiger partial charge is 0.0457 e. The molecule has 1 unspecified atom stereocenters. The molecule has 1 aromatic carbocycles. The molecule has 0 radical (unpaired) electrons. The maximum Gasteiger partial charge on any atom is 0.0457 e. The Morgan fingerprint density at radius 1 is 1.11 bits per heavy atom. The Hall–Kier alpha value is -1.32. The van der Waals surface area contributed by atoms with Gasteiger partial charge in [-0.1, -0.05) is 26.0 Å². The van der Waals surface area contributed by atoms with Gasteiger partial charge in [-0.05, 0) is 24.6 Å². The van der Waals surface area contributed by atoms with Gasteiger partial charge in [0.2, 0.25) is 0 Å². The van der Waals surface area contributed by atoms with Crippen LogP contribution in [0.3, 0.4) is 0 Å². The van der Waals surface area contributed by atoms with Gasteiger partial charge in [0.05, 0.1) is 0 Å². The van der Waals surface area contributed by atoms with Crippen LogP contribution in [0.15, 0.2) is 30.5 Å². The minimum absolute atomic E-state index is 0.474. The number of rotatable bonds is 6. The number of aromatic amines is 1. The van der Waals surface area contributed by atoms with Crippen LogP contribution in [0.2, 0.25) is 0 Å². The van der Waals surface area contributed by atoms with Crippen molar-refractivity contribution in [2.75, 3.05) is 6.54 Å². The van der Waals surface area contributed by atoms with Gasteiger partial charge in [0.15, 0.2) is 0 Å². The van der Waals surface area contributed by atoms with Gasteiger partial charge in [0.25, 0.3) is 0 Å². The molecular formula is C15H23N3. The topological polar surface area (TPSA) is 39.8 Å². The first-order valence-corrected chi connectivity index (χ1v) is 6.68. The van der Waals surface area contributed by atoms with Crippen molar-refractivity contribution in [3.63, 3.8) is 0 Å². The van der Waals surface area contributed by atoms with E-state index in [1.54, 1.807) is 0 Å². The lowest BCUT2D eigenvalue weighted by atomic mass is 10.1. The first kappa shape index (κ1) is 13.1. The van der Waals surface area contributed by atoms with Gasteiger partial charge < -0.3 is 15.6 Å². The first-order valence-electron chi connectivity index (χ1n) is 6.68. The molecule has 1 aromatic heterocycles. The summed E-state index contributed by atoms with van der Waals surface area (Å²) in [6.07, 6.45) is 2.00. The van der Waals surface area contributed by atoms with Gasteiger partial charge in [-0.2, -0.15) is 0 Å². The number of hydrogen-bond acceptors (Lipinski definition) is 2. The van der Waals surface area contributed by atoms with E-state index in [9.17, 15) is 0 Å². The summed E-state index contributed by atoms with van der Waals surface area (Å²) >= 11 is 0. The molecule has 0 aliphatic rings. The molecule has 0 saturated carbocycles. The predicted octanol–water partition coefficient (Wildman–Crippen LogP) is 2.64. The normalized spacial score (nSPS) is 13.3. The summed E-state index contributed by atoms with van der Waals surface area (Å²) in [7, 11) is 0.